The zero-order chi connectivity index (χ0) is 22.5. The molecule has 3 N–H and O–H groups in total. The van der Waals surface area contributed by atoms with Crippen molar-refractivity contribution in [3.05, 3.63) is 101 Å². The van der Waals surface area contributed by atoms with Gasteiger partial charge in [-0.05, 0) is 31.9 Å². The lowest BCUT2D eigenvalue weighted by Crippen LogP contribution is -3.28. The number of anilines is 1. The van der Waals surface area contributed by atoms with Crippen molar-refractivity contribution in [2.75, 3.05) is 38.0 Å². The molecule has 3 aromatic rings. The monoisotopic (exact) mass is 429 g/mol. The SMILES string of the molecule is Cc1cc(C)c(NC(=O)C[NH+]2CC[NH+](C(c3ccccc3)c3ccccc3)CC2)c(C)c1. The van der Waals surface area contributed by atoms with Gasteiger partial charge in [0, 0.05) is 16.8 Å². The van der Waals surface area contributed by atoms with E-state index in [-0.39, 0.29) is 5.91 Å². The molecule has 1 amide bonds. The van der Waals surface area contributed by atoms with Crippen molar-refractivity contribution in [3.8, 4) is 0 Å². The largest absolute Gasteiger partial charge is 0.321 e. The van der Waals surface area contributed by atoms with E-state index in [4.69, 9.17) is 0 Å². The van der Waals surface area contributed by atoms with Crippen LogP contribution in [0.1, 0.15) is 33.9 Å². The van der Waals surface area contributed by atoms with Crippen LogP contribution in [0.15, 0.2) is 72.8 Å². The lowest BCUT2D eigenvalue weighted by atomic mass is 9.96. The molecule has 0 unspecified atom stereocenters. The molecular weight excluding hydrogens is 394 g/mol. The van der Waals surface area contributed by atoms with Crippen LogP contribution >= 0.6 is 0 Å². The first-order valence-electron chi connectivity index (χ1n) is 11.7. The number of quaternary nitrogens is 2. The highest BCUT2D eigenvalue weighted by atomic mass is 16.2. The van der Waals surface area contributed by atoms with E-state index in [1.165, 1.54) is 21.6 Å². The van der Waals surface area contributed by atoms with Crippen LogP contribution < -0.4 is 15.1 Å². The third kappa shape index (κ3) is 5.26. The van der Waals surface area contributed by atoms with Crippen molar-refractivity contribution >= 4 is 11.6 Å². The Morgan fingerprint density at radius 1 is 0.812 bits per heavy atom. The standard InChI is InChI=1S/C28H33N3O/c1-21-18-22(2)27(23(3)19-21)29-26(32)20-30-14-16-31(17-15-30)28(24-10-6-4-7-11-24)25-12-8-5-9-13-25/h4-13,18-19,28H,14-17,20H2,1-3H3,(H,29,32)/p+2. The van der Waals surface area contributed by atoms with E-state index in [9.17, 15) is 4.79 Å². The third-order valence-electron chi connectivity index (χ3n) is 6.63. The molecule has 0 atom stereocenters. The maximum Gasteiger partial charge on any atom is 0.279 e. The van der Waals surface area contributed by atoms with Gasteiger partial charge in [0.15, 0.2) is 6.54 Å². The molecule has 0 spiro atoms. The number of hydrogen-bond donors (Lipinski definition) is 3. The molecule has 1 saturated heterocycles. The Balaban J connectivity index is 1.39. The van der Waals surface area contributed by atoms with E-state index in [1.54, 1.807) is 4.90 Å². The summed E-state index contributed by atoms with van der Waals surface area (Å²) in [5, 5.41) is 3.17. The van der Waals surface area contributed by atoms with Gasteiger partial charge in [-0.2, -0.15) is 0 Å². The van der Waals surface area contributed by atoms with Crippen LogP contribution in [-0.4, -0.2) is 38.6 Å². The maximum absolute atomic E-state index is 12.8. The fourth-order valence-electron chi connectivity index (χ4n) is 5.13. The Morgan fingerprint density at radius 2 is 1.31 bits per heavy atom. The van der Waals surface area contributed by atoms with E-state index in [0.717, 1.165) is 43.0 Å². The predicted octanol–water partition coefficient (Wildman–Crippen LogP) is 2.12. The summed E-state index contributed by atoms with van der Waals surface area (Å²) in [5.41, 5.74) is 7.19. The number of piperazine rings is 1. The van der Waals surface area contributed by atoms with Gasteiger partial charge in [-0.15, -0.1) is 0 Å². The van der Waals surface area contributed by atoms with Gasteiger partial charge in [0.2, 0.25) is 0 Å². The summed E-state index contributed by atoms with van der Waals surface area (Å²) in [4.78, 5) is 15.7. The summed E-state index contributed by atoms with van der Waals surface area (Å²) in [5.74, 6) is 0.112. The molecule has 3 aromatic carbocycles. The fourth-order valence-corrected chi connectivity index (χ4v) is 5.13. The van der Waals surface area contributed by atoms with E-state index in [2.05, 4.69) is 98.9 Å². The van der Waals surface area contributed by atoms with Gasteiger partial charge >= 0.3 is 0 Å². The molecule has 4 nitrogen and oxygen atoms in total. The van der Waals surface area contributed by atoms with Crippen LogP contribution in [0.25, 0.3) is 0 Å². The number of amides is 1. The molecule has 4 heteroatoms. The number of benzene rings is 3. The van der Waals surface area contributed by atoms with E-state index < -0.39 is 0 Å². The second-order valence-electron chi connectivity index (χ2n) is 9.16. The minimum absolute atomic E-state index is 0.112. The molecule has 0 bridgehead atoms. The third-order valence-corrected chi connectivity index (χ3v) is 6.63. The molecule has 32 heavy (non-hydrogen) atoms. The Hall–Kier alpha value is -2.95. The molecule has 0 radical (unpaired) electrons. The second-order valence-corrected chi connectivity index (χ2v) is 9.16. The highest BCUT2D eigenvalue weighted by Crippen LogP contribution is 2.21. The summed E-state index contributed by atoms with van der Waals surface area (Å²) in [7, 11) is 0. The van der Waals surface area contributed by atoms with Crippen LogP contribution in [-0.2, 0) is 4.79 Å². The summed E-state index contributed by atoms with van der Waals surface area (Å²) >= 11 is 0. The smallest absolute Gasteiger partial charge is 0.279 e. The van der Waals surface area contributed by atoms with Crippen molar-refractivity contribution in [3.63, 3.8) is 0 Å². The van der Waals surface area contributed by atoms with Crippen LogP contribution in [0.4, 0.5) is 5.69 Å². The van der Waals surface area contributed by atoms with Crippen LogP contribution in [0.2, 0.25) is 0 Å². The average molecular weight is 430 g/mol. The van der Waals surface area contributed by atoms with Gasteiger partial charge < -0.3 is 15.1 Å². The number of aryl methyl sites for hydroxylation is 3. The number of carbonyl (C=O) groups is 1. The topological polar surface area (TPSA) is 38.0 Å². The van der Waals surface area contributed by atoms with Gasteiger partial charge in [0.05, 0.1) is 0 Å². The Kier molecular flexibility index (Phi) is 7.03. The minimum atomic E-state index is 0.112. The quantitative estimate of drug-likeness (QED) is 0.552. The van der Waals surface area contributed by atoms with Crippen molar-refractivity contribution in [2.45, 2.75) is 26.8 Å². The Bertz CT molecular complexity index is 978. The molecule has 1 heterocycles. The maximum atomic E-state index is 12.8. The highest BCUT2D eigenvalue weighted by Gasteiger charge is 2.32. The second kappa shape index (κ2) is 10.1. The Labute approximate surface area is 191 Å². The van der Waals surface area contributed by atoms with Gasteiger partial charge in [-0.3, -0.25) is 4.79 Å². The molecule has 1 fully saturated rings. The van der Waals surface area contributed by atoms with Crippen molar-refractivity contribution in [1.82, 2.24) is 0 Å². The molecule has 166 valence electrons. The lowest BCUT2D eigenvalue weighted by molar-refractivity contribution is -1.02. The van der Waals surface area contributed by atoms with E-state index in [0.29, 0.717) is 12.6 Å². The first-order valence-corrected chi connectivity index (χ1v) is 11.7. The average Bonchev–Trinajstić information content (AvgIpc) is 2.79. The molecule has 1 aliphatic heterocycles. The Morgan fingerprint density at radius 3 is 1.81 bits per heavy atom. The zero-order valence-corrected chi connectivity index (χ0v) is 19.4. The molecule has 0 aliphatic carbocycles. The number of rotatable bonds is 6. The highest BCUT2D eigenvalue weighted by molar-refractivity contribution is 5.93. The summed E-state index contributed by atoms with van der Waals surface area (Å²) < 4.78 is 0. The lowest BCUT2D eigenvalue weighted by Gasteiger charge is -2.35. The number of hydrogen-bond acceptors (Lipinski definition) is 1. The summed E-state index contributed by atoms with van der Waals surface area (Å²) in [6.45, 7) is 10.9. The molecule has 1 aliphatic rings. The first kappa shape index (κ1) is 22.3. The summed E-state index contributed by atoms with van der Waals surface area (Å²) in [6, 6.07) is 26.2. The van der Waals surface area contributed by atoms with Crippen LogP contribution in [0.5, 0.6) is 0 Å². The van der Waals surface area contributed by atoms with Crippen molar-refractivity contribution in [1.29, 1.82) is 0 Å². The number of nitrogens with one attached hydrogen (secondary N) is 3. The van der Waals surface area contributed by atoms with Gasteiger partial charge in [0.25, 0.3) is 5.91 Å². The molecule has 4 rings (SSSR count). The van der Waals surface area contributed by atoms with Crippen molar-refractivity contribution < 1.29 is 14.6 Å². The van der Waals surface area contributed by atoms with Gasteiger partial charge in [-0.25, -0.2) is 0 Å². The fraction of sp³-hybridized carbons (Fsp3) is 0.321. The number of carbonyl (C=O) groups excluding carboxylic acids is 1. The zero-order valence-electron chi connectivity index (χ0n) is 19.4. The van der Waals surface area contributed by atoms with E-state index in [1.807, 2.05) is 0 Å². The first-order chi connectivity index (χ1) is 15.5. The predicted molar refractivity (Wildman–Crippen MR) is 130 cm³/mol. The molecule has 0 aromatic heterocycles. The van der Waals surface area contributed by atoms with Gasteiger partial charge in [0.1, 0.15) is 32.2 Å². The van der Waals surface area contributed by atoms with Gasteiger partial charge in [-0.1, -0.05) is 78.4 Å². The molecule has 0 saturated carbocycles. The summed E-state index contributed by atoms with van der Waals surface area (Å²) in [6.07, 6.45) is 0. The van der Waals surface area contributed by atoms with Crippen molar-refractivity contribution in [2.24, 2.45) is 0 Å². The normalized spacial score (nSPS) is 18.5. The van der Waals surface area contributed by atoms with Crippen LogP contribution in [0, 0.1) is 20.8 Å². The van der Waals surface area contributed by atoms with Crippen LogP contribution in [0.3, 0.4) is 0 Å². The minimum Gasteiger partial charge on any atom is -0.321 e. The molecular formula is C28H35N3O+2. The van der Waals surface area contributed by atoms with E-state index >= 15 is 0 Å².